The Morgan fingerprint density at radius 2 is 2.00 bits per heavy atom. The molecule has 0 aromatic heterocycles. The van der Waals surface area contributed by atoms with Gasteiger partial charge >= 0.3 is 6.03 Å². The summed E-state index contributed by atoms with van der Waals surface area (Å²) in [4.78, 5) is 27.7. The van der Waals surface area contributed by atoms with E-state index in [0.29, 0.717) is 13.0 Å². The van der Waals surface area contributed by atoms with Crippen LogP contribution in [0.15, 0.2) is 24.3 Å². The second-order valence-corrected chi connectivity index (χ2v) is 6.78. The van der Waals surface area contributed by atoms with E-state index in [-0.39, 0.29) is 12.5 Å². The smallest absolute Gasteiger partial charge is 0.316 e. The largest absolute Gasteiger partial charge is 0.379 e. The van der Waals surface area contributed by atoms with Crippen molar-refractivity contribution in [3.63, 3.8) is 0 Å². The van der Waals surface area contributed by atoms with Crippen molar-refractivity contribution in [1.29, 1.82) is 0 Å². The van der Waals surface area contributed by atoms with E-state index in [2.05, 4.69) is 26.8 Å². The van der Waals surface area contributed by atoms with E-state index in [1.807, 2.05) is 24.3 Å². The number of hydrogen-bond acceptors (Lipinski definition) is 4. The molecule has 1 fully saturated rings. The van der Waals surface area contributed by atoms with E-state index in [1.54, 1.807) is 0 Å². The predicted octanol–water partition coefficient (Wildman–Crippen LogP) is 0.209. The van der Waals surface area contributed by atoms with Gasteiger partial charge in [0, 0.05) is 26.2 Å². The molecule has 1 aromatic carbocycles. The summed E-state index contributed by atoms with van der Waals surface area (Å²) in [5.74, 6) is 2.18. The Morgan fingerprint density at radius 1 is 1.22 bits per heavy atom. The van der Waals surface area contributed by atoms with E-state index in [4.69, 9.17) is 11.2 Å². The zero-order valence-electron chi connectivity index (χ0n) is 15.4. The van der Waals surface area contributed by atoms with Crippen LogP contribution in [0.25, 0.3) is 0 Å². The van der Waals surface area contributed by atoms with Crippen molar-refractivity contribution in [2.75, 3.05) is 45.9 Å². The Bertz CT molecular complexity index is 724. The minimum atomic E-state index is -1.07. The first-order valence-electron chi connectivity index (χ1n) is 9.32. The summed E-state index contributed by atoms with van der Waals surface area (Å²) < 4.78 is 5.34. The molecule has 0 bridgehead atoms. The van der Waals surface area contributed by atoms with Crippen molar-refractivity contribution in [3.8, 4) is 12.3 Å². The summed E-state index contributed by atoms with van der Waals surface area (Å²) in [6.07, 6.45) is 6.47. The fourth-order valence-corrected chi connectivity index (χ4v) is 3.71. The summed E-state index contributed by atoms with van der Waals surface area (Å²) in [6, 6.07) is 7.31. The van der Waals surface area contributed by atoms with Crippen LogP contribution in [-0.4, -0.2) is 62.8 Å². The highest BCUT2D eigenvalue weighted by Gasteiger charge is 2.46. The zero-order chi connectivity index (χ0) is 19.1. The van der Waals surface area contributed by atoms with E-state index in [1.165, 1.54) is 0 Å². The number of terminal acetylenes is 1. The molecule has 2 aliphatic rings. The third-order valence-electron chi connectivity index (χ3n) is 5.13. The molecule has 0 saturated carbocycles. The molecular formula is C20H26N4O3. The number of hydrogen-bond donors (Lipinski definition) is 3. The van der Waals surface area contributed by atoms with E-state index >= 15 is 0 Å². The molecule has 3 rings (SSSR count). The third kappa shape index (κ3) is 4.41. The number of carbonyl (C=O) groups excluding carboxylic acids is 2. The molecule has 1 aliphatic heterocycles. The Morgan fingerprint density at radius 3 is 2.78 bits per heavy atom. The first-order valence-corrected chi connectivity index (χ1v) is 9.32. The lowest BCUT2D eigenvalue weighted by atomic mass is 9.90. The Kier molecular flexibility index (Phi) is 6.32. The first-order chi connectivity index (χ1) is 13.2. The predicted molar refractivity (Wildman–Crippen MR) is 102 cm³/mol. The minimum absolute atomic E-state index is 0.113. The number of aryl methyl sites for hydroxylation is 1. The maximum atomic E-state index is 13.1. The summed E-state index contributed by atoms with van der Waals surface area (Å²) in [5, 5.41) is 8.48. The molecule has 3 N–H and O–H groups in total. The average molecular weight is 370 g/mol. The molecule has 0 unspecified atom stereocenters. The number of nitrogens with one attached hydrogen (secondary N) is 3. The molecule has 27 heavy (non-hydrogen) atoms. The van der Waals surface area contributed by atoms with Crippen molar-refractivity contribution in [3.05, 3.63) is 35.4 Å². The van der Waals surface area contributed by atoms with Crippen LogP contribution >= 0.6 is 0 Å². The van der Waals surface area contributed by atoms with Crippen molar-refractivity contribution in [1.82, 2.24) is 20.9 Å². The summed E-state index contributed by atoms with van der Waals surface area (Å²) in [6.45, 7) is 4.59. The van der Waals surface area contributed by atoms with Gasteiger partial charge in [0.25, 0.3) is 5.91 Å². The van der Waals surface area contributed by atoms with Gasteiger partial charge in [-0.15, -0.1) is 6.42 Å². The molecule has 1 atom stereocenters. The maximum absolute atomic E-state index is 13.1. The van der Waals surface area contributed by atoms with Gasteiger partial charge in [0.15, 0.2) is 0 Å². The Balaban J connectivity index is 1.69. The van der Waals surface area contributed by atoms with Crippen LogP contribution in [0, 0.1) is 12.3 Å². The second-order valence-electron chi connectivity index (χ2n) is 6.78. The van der Waals surface area contributed by atoms with Crippen LogP contribution in [0.1, 0.15) is 17.5 Å². The third-order valence-corrected chi connectivity index (χ3v) is 5.13. The fourth-order valence-electron chi connectivity index (χ4n) is 3.71. The highest BCUT2D eigenvalue weighted by Crippen LogP contribution is 2.37. The molecule has 0 spiro atoms. The molecule has 144 valence electrons. The van der Waals surface area contributed by atoms with E-state index < -0.39 is 11.6 Å². The molecule has 7 heteroatoms. The van der Waals surface area contributed by atoms with E-state index in [9.17, 15) is 9.59 Å². The van der Waals surface area contributed by atoms with Crippen molar-refractivity contribution < 1.29 is 14.3 Å². The number of morpholine rings is 1. The van der Waals surface area contributed by atoms with Crippen molar-refractivity contribution >= 4 is 11.9 Å². The first kappa shape index (κ1) is 19.2. The minimum Gasteiger partial charge on any atom is -0.379 e. The van der Waals surface area contributed by atoms with Crippen LogP contribution in [0.4, 0.5) is 4.79 Å². The number of carbonyl (C=O) groups is 2. The number of fused-ring (bicyclic) bond motifs is 1. The average Bonchev–Trinajstić information content (AvgIpc) is 3.07. The van der Waals surface area contributed by atoms with Gasteiger partial charge in [-0.2, -0.15) is 0 Å². The lowest BCUT2D eigenvalue weighted by Crippen LogP contribution is -2.58. The highest BCUT2D eigenvalue weighted by atomic mass is 16.5. The number of amides is 3. The van der Waals surface area contributed by atoms with Crippen LogP contribution in [0.2, 0.25) is 0 Å². The van der Waals surface area contributed by atoms with Crippen LogP contribution in [0.3, 0.4) is 0 Å². The van der Waals surface area contributed by atoms with Gasteiger partial charge < -0.3 is 20.7 Å². The Labute approximate surface area is 159 Å². The van der Waals surface area contributed by atoms with Crippen LogP contribution < -0.4 is 16.0 Å². The summed E-state index contributed by atoms with van der Waals surface area (Å²) in [5.41, 5.74) is 0.864. The van der Waals surface area contributed by atoms with Gasteiger partial charge in [-0.25, -0.2) is 4.79 Å². The molecule has 7 nitrogen and oxygen atoms in total. The molecule has 0 radical (unpaired) electrons. The van der Waals surface area contributed by atoms with Crippen LogP contribution in [-0.2, 0) is 21.5 Å². The molecule has 3 amide bonds. The molecule has 1 saturated heterocycles. The topological polar surface area (TPSA) is 82.7 Å². The monoisotopic (exact) mass is 370 g/mol. The van der Waals surface area contributed by atoms with Crippen molar-refractivity contribution in [2.24, 2.45) is 0 Å². The van der Waals surface area contributed by atoms with Crippen LogP contribution in [0.5, 0.6) is 0 Å². The van der Waals surface area contributed by atoms with Gasteiger partial charge in [0.1, 0.15) is 5.54 Å². The second kappa shape index (κ2) is 8.89. The number of ether oxygens (including phenoxy) is 1. The Hall–Kier alpha value is -2.56. The highest BCUT2D eigenvalue weighted by molar-refractivity contribution is 5.93. The summed E-state index contributed by atoms with van der Waals surface area (Å²) >= 11 is 0. The fraction of sp³-hybridized carbons (Fsp3) is 0.500. The molecule has 1 aromatic rings. The number of benzene rings is 1. The molecule has 1 heterocycles. The number of urea groups is 1. The SMILES string of the molecule is C#CCNC(=O)N[C@@]1(C(=O)NCCN2CCOCC2)CCc2ccccc21. The molecular weight excluding hydrogens is 344 g/mol. The number of rotatable bonds is 6. The quantitative estimate of drug-likeness (QED) is 0.625. The van der Waals surface area contributed by atoms with Gasteiger partial charge in [-0.1, -0.05) is 30.2 Å². The standard InChI is InChI=1S/C20H26N4O3/c1-2-9-22-19(26)23-20(8-7-16-5-3-4-6-17(16)20)18(25)21-10-11-24-12-14-27-15-13-24/h1,3-6H,7-15H2,(H,21,25)(H2,22,23,26)/t20-/m0/s1. The normalized spacial score (nSPS) is 21.7. The van der Waals surface area contributed by atoms with Gasteiger partial charge in [0.05, 0.1) is 19.8 Å². The zero-order valence-corrected chi connectivity index (χ0v) is 15.4. The summed E-state index contributed by atoms with van der Waals surface area (Å²) in [7, 11) is 0. The van der Waals surface area contributed by atoms with E-state index in [0.717, 1.165) is 50.4 Å². The lowest BCUT2D eigenvalue weighted by Gasteiger charge is -2.31. The van der Waals surface area contributed by atoms with Gasteiger partial charge in [-0.05, 0) is 24.0 Å². The molecule has 1 aliphatic carbocycles. The van der Waals surface area contributed by atoms with Crippen molar-refractivity contribution in [2.45, 2.75) is 18.4 Å². The van der Waals surface area contributed by atoms with Gasteiger partial charge in [-0.3, -0.25) is 9.69 Å². The van der Waals surface area contributed by atoms with Gasteiger partial charge in [0.2, 0.25) is 0 Å². The maximum Gasteiger partial charge on any atom is 0.316 e. The number of nitrogens with zero attached hydrogens (tertiary/aromatic N) is 1. The lowest BCUT2D eigenvalue weighted by molar-refractivity contribution is -0.127.